The number of carbonyl (C=O) groups is 2. The van der Waals surface area contributed by atoms with Crippen molar-refractivity contribution in [3.05, 3.63) is 108 Å². The Bertz CT molecular complexity index is 773. The summed E-state index contributed by atoms with van der Waals surface area (Å²) < 4.78 is 5.65. The van der Waals surface area contributed by atoms with Gasteiger partial charge in [-0.1, -0.05) is 78.9 Å². The van der Waals surface area contributed by atoms with Crippen molar-refractivity contribution in [3.8, 4) is 0 Å². The average Bonchev–Trinajstić information content (AvgIpc) is 2.69. The molecule has 0 amide bonds. The van der Waals surface area contributed by atoms with Gasteiger partial charge in [-0.3, -0.25) is 4.79 Å². The predicted octanol–water partition coefficient (Wildman–Crippen LogP) is 4.86. The van der Waals surface area contributed by atoms with Gasteiger partial charge in [0.05, 0.1) is 12.0 Å². The van der Waals surface area contributed by atoms with Gasteiger partial charge in [-0.25, -0.2) is 4.79 Å². The Morgan fingerprint density at radius 1 is 0.680 bits per heavy atom. The van der Waals surface area contributed by atoms with E-state index in [-0.39, 0.29) is 12.2 Å². The molecule has 0 saturated carbocycles. The number of carbonyl (C=O) groups excluding carboxylic acids is 2. The zero-order valence-corrected chi connectivity index (χ0v) is 13.7. The summed E-state index contributed by atoms with van der Waals surface area (Å²) in [5.74, 6) is -0.495. The molecule has 0 saturated heterocycles. The Labute approximate surface area is 146 Å². The zero-order chi connectivity index (χ0) is 17.5. The number of hydrogen-bond donors (Lipinski definition) is 0. The van der Waals surface area contributed by atoms with Crippen LogP contribution in [0.1, 0.15) is 38.8 Å². The first-order valence-electron chi connectivity index (χ1n) is 8.13. The van der Waals surface area contributed by atoms with Crippen molar-refractivity contribution >= 4 is 11.8 Å². The van der Waals surface area contributed by atoms with E-state index in [0.717, 1.165) is 5.56 Å². The van der Waals surface area contributed by atoms with E-state index in [1.165, 1.54) is 0 Å². The SMILES string of the molecule is O=C(CC(OC(=O)c1ccccc1)c1ccccc1)c1ccccc1. The van der Waals surface area contributed by atoms with Gasteiger partial charge in [0.1, 0.15) is 6.10 Å². The standard InChI is InChI=1S/C22H18O3/c23-20(17-10-4-1-5-11-17)16-21(18-12-6-2-7-13-18)25-22(24)19-14-8-3-9-15-19/h1-15,21H,16H2. The molecule has 0 radical (unpaired) electrons. The molecule has 3 rings (SSSR count). The number of ketones is 1. The molecule has 0 aliphatic rings. The second kappa shape index (κ2) is 8.06. The fourth-order valence-corrected chi connectivity index (χ4v) is 2.58. The molecule has 124 valence electrons. The lowest BCUT2D eigenvalue weighted by atomic mass is 10.00. The third kappa shape index (κ3) is 4.42. The van der Waals surface area contributed by atoms with Crippen LogP contribution in [-0.2, 0) is 4.74 Å². The van der Waals surface area contributed by atoms with Crippen LogP contribution in [0.25, 0.3) is 0 Å². The molecule has 0 heterocycles. The van der Waals surface area contributed by atoms with E-state index >= 15 is 0 Å². The van der Waals surface area contributed by atoms with Gasteiger partial charge >= 0.3 is 5.97 Å². The Kier molecular flexibility index (Phi) is 5.37. The molecule has 1 unspecified atom stereocenters. The Morgan fingerprint density at radius 3 is 1.72 bits per heavy atom. The van der Waals surface area contributed by atoms with E-state index in [1.807, 2.05) is 54.6 Å². The minimum absolute atomic E-state index is 0.0599. The van der Waals surface area contributed by atoms with Crippen LogP contribution in [0.4, 0.5) is 0 Å². The van der Waals surface area contributed by atoms with Crippen LogP contribution in [0.15, 0.2) is 91.0 Å². The smallest absolute Gasteiger partial charge is 0.338 e. The normalized spacial score (nSPS) is 11.5. The number of Topliss-reactive ketones (excluding diaryl/α,β-unsaturated/α-hetero) is 1. The third-order valence-electron chi connectivity index (χ3n) is 3.90. The highest BCUT2D eigenvalue weighted by molar-refractivity contribution is 5.97. The monoisotopic (exact) mass is 330 g/mol. The molecule has 3 aromatic carbocycles. The highest BCUT2D eigenvalue weighted by Gasteiger charge is 2.21. The number of rotatable bonds is 6. The van der Waals surface area contributed by atoms with E-state index < -0.39 is 12.1 Å². The van der Waals surface area contributed by atoms with Crippen molar-refractivity contribution in [2.75, 3.05) is 0 Å². The number of benzene rings is 3. The van der Waals surface area contributed by atoms with Crippen LogP contribution in [-0.4, -0.2) is 11.8 Å². The molecular formula is C22H18O3. The van der Waals surface area contributed by atoms with Gasteiger partial charge in [-0.2, -0.15) is 0 Å². The van der Waals surface area contributed by atoms with Gasteiger partial charge in [-0.15, -0.1) is 0 Å². The largest absolute Gasteiger partial charge is 0.453 e. The van der Waals surface area contributed by atoms with Crippen molar-refractivity contribution < 1.29 is 14.3 Å². The molecule has 0 fully saturated rings. The maximum atomic E-state index is 12.6. The van der Waals surface area contributed by atoms with E-state index in [1.54, 1.807) is 36.4 Å². The summed E-state index contributed by atoms with van der Waals surface area (Å²) in [6.07, 6.45) is -0.520. The molecule has 3 heteroatoms. The summed E-state index contributed by atoms with van der Waals surface area (Å²) in [6.45, 7) is 0. The molecule has 0 bridgehead atoms. The van der Waals surface area contributed by atoms with Crippen molar-refractivity contribution in [1.82, 2.24) is 0 Å². The van der Waals surface area contributed by atoms with Crippen LogP contribution >= 0.6 is 0 Å². The van der Waals surface area contributed by atoms with Gasteiger partial charge in [-0.05, 0) is 17.7 Å². The summed E-state index contributed by atoms with van der Waals surface area (Å²) >= 11 is 0. The maximum absolute atomic E-state index is 12.6. The molecule has 0 aromatic heterocycles. The van der Waals surface area contributed by atoms with Gasteiger partial charge in [0.25, 0.3) is 0 Å². The second-order valence-corrected chi connectivity index (χ2v) is 5.66. The van der Waals surface area contributed by atoms with Gasteiger partial charge < -0.3 is 4.74 Å². The lowest BCUT2D eigenvalue weighted by Gasteiger charge is -2.18. The highest BCUT2D eigenvalue weighted by Crippen LogP contribution is 2.24. The highest BCUT2D eigenvalue weighted by atomic mass is 16.5. The van der Waals surface area contributed by atoms with Crippen LogP contribution < -0.4 is 0 Å². The predicted molar refractivity (Wildman–Crippen MR) is 96.4 cm³/mol. The number of esters is 1. The minimum Gasteiger partial charge on any atom is -0.453 e. The molecule has 0 N–H and O–H groups in total. The Morgan fingerprint density at radius 2 is 1.16 bits per heavy atom. The fraction of sp³-hybridized carbons (Fsp3) is 0.0909. The van der Waals surface area contributed by atoms with E-state index in [9.17, 15) is 9.59 Å². The van der Waals surface area contributed by atoms with Gasteiger partial charge in [0.2, 0.25) is 0 Å². The molecule has 0 aliphatic heterocycles. The first-order chi connectivity index (χ1) is 12.2. The minimum atomic E-state index is -0.624. The second-order valence-electron chi connectivity index (χ2n) is 5.66. The molecule has 25 heavy (non-hydrogen) atoms. The summed E-state index contributed by atoms with van der Waals surface area (Å²) in [7, 11) is 0. The molecule has 0 aliphatic carbocycles. The first kappa shape index (κ1) is 16.7. The van der Waals surface area contributed by atoms with E-state index in [2.05, 4.69) is 0 Å². The van der Waals surface area contributed by atoms with E-state index in [4.69, 9.17) is 4.74 Å². The Hall–Kier alpha value is -3.20. The molecule has 3 aromatic rings. The summed E-state index contributed by atoms with van der Waals surface area (Å²) in [4.78, 5) is 25.0. The molecule has 3 nitrogen and oxygen atoms in total. The van der Waals surface area contributed by atoms with Crippen molar-refractivity contribution in [3.63, 3.8) is 0 Å². The third-order valence-corrected chi connectivity index (χ3v) is 3.90. The molecule has 0 spiro atoms. The van der Waals surface area contributed by atoms with Crippen LogP contribution in [0.2, 0.25) is 0 Å². The number of ether oxygens (including phenoxy) is 1. The molecular weight excluding hydrogens is 312 g/mol. The molecule has 1 atom stereocenters. The Balaban J connectivity index is 1.81. The van der Waals surface area contributed by atoms with Crippen molar-refractivity contribution in [2.45, 2.75) is 12.5 Å². The van der Waals surface area contributed by atoms with Gasteiger partial charge in [0.15, 0.2) is 5.78 Å². The van der Waals surface area contributed by atoms with Crippen LogP contribution in [0.3, 0.4) is 0 Å². The summed E-state index contributed by atoms with van der Waals surface area (Å²) in [5, 5.41) is 0. The first-order valence-corrected chi connectivity index (χ1v) is 8.13. The van der Waals surface area contributed by atoms with E-state index in [0.29, 0.717) is 11.1 Å². The summed E-state index contributed by atoms with van der Waals surface area (Å²) in [5.41, 5.74) is 1.88. The lowest BCUT2D eigenvalue weighted by Crippen LogP contribution is -2.15. The van der Waals surface area contributed by atoms with Crippen molar-refractivity contribution in [2.24, 2.45) is 0 Å². The topological polar surface area (TPSA) is 43.4 Å². The van der Waals surface area contributed by atoms with Crippen molar-refractivity contribution in [1.29, 1.82) is 0 Å². The quantitative estimate of drug-likeness (QED) is 0.479. The zero-order valence-electron chi connectivity index (χ0n) is 13.7. The summed E-state index contributed by atoms with van der Waals surface area (Å²) in [6, 6.07) is 27.2. The number of hydrogen-bond acceptors (Lipinski definition) is 3. The van der Waals surface area contributed by atoms with Crippen LogP contribution in [0.5, 0.6) is 0 Å². The maximum Gasteiger partial charge on any atom is 0.338 e. The van der Waals surface area contributed by atoms with Gasteiger partial charge in [0, 0.05) is 5.56 Å². The average molecular weight is 330 g/mol. The fourth-order valence-electron chi connectivity index (χ4n) is 2.58. The lowest BCUT2D eigenvalue weighted by molar-refractivity contribution is 0.0279. The van der Waals surface area contributed by atoms with Crippen LogP contribution in [0, 0.1) is 0 Å².